The summed E-state index contributed by atoms with van der Waals surface area (Å²) in [6, 6.07) is 0. The van der Waals surface area contributed by atoms with E-state index in [0.29, 0.717) is 5.15 Å². The van der Waals surface area contributed by atoms with E-state index in [4.69, 9.17) is 16.7 Å². The molecule has 1 rings (SSSR count). The van der Waals surface area contributed by atoms with Crippen LogP contribution in [0.1, 0.15) is 25.8 Å². The minimum absolute atomic E-state index is 0.0264. The first kappa shape index (κ1) is 13.2. The lowest BCUT2D eigenvalue weighted by atomic mass is 9.90. The van der Waals surface area contributed by atoms with Crippen LogP contribution in [0.25, 0.3) is 0 Å². The molecule has 0 bridgehead atoms. The van der Waals surface area contributed by atoms with Gasteiger partial charge in [0.15, 0.2) is 0 Å². The van der Waals surface area contributed by atoms with E-state index in [-0.39, 0.29) is 12.0 Å². The molecule has 0 aliphatic heterocycles. The topological polar surface area (TPSA) is 58.0 Å². The third-order valence-electron chi connectivity index (χ3n) is 2.55. The maximum atomic E-state index is 8.92. The molecule has 0 spiro atoms. The number of rotatable bonds is 5. The van der Waals surface area contributed by atoms with Crippen LogP contribution in [0.15, 0.2) is 6.33 Å². The van der Waals surface area contributed by atoms with E-state index in [0.717, 1.165) is 24.3 Å². The zero-order valence-corrected chi connectivity index (χ0v) is 10.7. The Morgan fingerprint density at radius 3 is 2.75 bits per heavy atom. The zero-order chi connectivity index (χ0) is 12.2. The van der Waals surface area contributed by atoms with Crippen LogP contribution < -0.4 is 5.32 Å². The molecule has 1 aromatic heterocycles. The zero-order valence-electron chi connectivity index (χ0n) is 9.92. The largest absolute Gasteiger partial charge is 0.396 e. The molecule has 0 radical (unpaired) electrons. The molecule has 0 unspecified atom stereocenters. The molecule has 1 heterocycles. The number of aliphatic hydroxyl groups is 1. The van der Waals surface area contributed by atoms with E-state index >= 15 is 0 Å². The smallest absolute Gasteiger partial charge is 0.137 e. The number of anilines is 1. The van der Waals surface area contributed by atoms with Gasteiger partial charge in [-0.1, -0.05) is 25.4 Å². The summed E-state index contributed by atoms with van der Waals surface area (Å²) in [4.78, 5) is 8.03. The number of aromatic nitrogens is 2. The summed E-state index contributed by atoms with van der Waals surface area (Å²) in [6.45, 7) is 6.99. The number of aliphatic hydroxyl groups excluding tert-OH is 1. The lowest BCUT2D eigenvalue weighted by Gasteiger charge is -2.24. The van der Waals surface area contributed by atoms with Gasteiger partial charge in [-0.25, -0.2) is 9.97 Å². The van der Waals surface area contributed by atoms with Gasteiger partial charge < -0.3 is 10.4 Å². The van der Waals surface area contributed by atoms with Crippen molar-refractivity contribution in [2.75, 3.05) is 18.5 Å². The maximum absolute atomic E-state index is 8.92. The standard InChI is InChI=1S/C11H18ClN3O/c1-8-9(12)14-7-15-10(8)13-6-11(2,3)4-5-16/h7,16H,4-6H2,1-3H3,(H,13,14,15). The molecule has 0 aliphatic rings. The third kappa shape index (κ3) is 3.61. The quantitative estimate of drug-likeness (QED) is 0.779. The Labute approximate surface area is 101 Å². The molecular weight excluding hydrogens is 226 g/mol. The van der Waals surface area contributed by atoms with Gasteiger partial charge in [0.05, 0.1) is 0 Å². The van der Waals surface area contributed by atoms with Crippen LogP contribution in [-0.4, -0.2) is 28.2 Å². The van der Waals surface area contributed by atoms with Gasteiger partial charge in [0.1, 0.15) is 17.3 Å². The summed E-state index contributed by atoms with van der Waals surface area (Å²) in [5.41, 5.74) is 0.877. The van der Waals surface area contributed by atoms with Crippen molar-refractivity contribution in [3.8, 4) is 0 Å². The second-order valence-electron chi connectivity index (χ2n) is 4.63. The molecule has 2 N–H and O–H groups in total. The van der Waals surface area contributed by atoms with Crippen molar-refractivity contribution in [3.63, 3.8) is 0 Å². The van der Waals surface area contributed by atoms with Crippen molar-refractivity contribution in [1.29, 1.82) is 0 Å². The fourth-order valence-electron chi connectivity index (χ4n) is 1.32. The minimum atomic E-state index is 0.0264. The maximum Gasteiger partial charge on any atom is 0.137 e. The minimum Gasteiger partial charge on any atom is -0.396 e. The van der Waals surface area contributed by atoms with Crippen LogP contribution in [0.4, 0.5) is 5.82 Å². The first-order valence-electron chi connectivity index (χ1n) is 5.28. The van der Waals surface area contributed by atoms with E-state index in [2.05, 4.69) is 29.1 Å². The Bertz CT molecular complexity index is 355. The fraction of sp³-hybridized carbons (Fsp3) is 0.636. The van der Waals surface area contributed by atoms with E-state index in [1.165, 1.54) is 6.33 Å². The normalized spacial score (nSPS) is 11.6. The Hall–Kier alpha value is -0.870. The third-order valence-corrected chi connectivity index (χ3v) is 2.93. The Kier molecular flexibility index (Phi) is 4.50. The summed E-state index contributed by atoms with van der Waals surface area (Å²) >= 11 is 5.89. The summed E-state index contributed by atoms with van der Waals surface area (Å²) in [5, 5.41) is 12.6. The van der Waals surface area contributed by atoms with E-state index in [9.17, 15) is 0 Å². The van der Waals surface area contributed by atoms with Gasteiger partial charge in [0.25, 0.3) is 0 Å². The molecular formula is C11H18ClN3O. The van der Waals surface area contributed by atoms with Crippen LogP contribution in [0.5, 0.6) is 0 Å². The average molecular weight is 244 g/mol. The summed E-state index contributed by atoms with van der Waals surface area (Å²) in [5.74, 6) is 0.756. The van der Waals surface area contributed by atoms with Crippen molar-refractivity contribution in [1.82, 2.24) is 9.97 Å². The molecule has 16 heavy (non-hydrogen) atoms. The number of nitrogens with zero attached hydrogens (tertiary/aromatic N) is 2. The number of halogens is 1. The van der Waals surface area contributed by atoms with Crippen LogP contribution in [0.2, 0.25) is 5.15 Å². The molecule has 0 saturated carbocycles. The number of hydrogen-bond acceptors (Lipinski definition) is 4. The summed E-state index contributed by atoms with van der Waals surface area (Å²) < 4.78 is 0. The molecule has 4 nitrogen and oxygen atoms in total. The second-order valence-corrected chi connectivity index (χ2v) is 4.99. The molecule has 0 aliphatic carbocycles. The Balaban J connectivity index is 2.64. The molecule has 0 aromatic carbocycles. The second kappa shape index (κ2) is 5.46. The highest BCUT2D eigenvalue weighted by Crippen LogP contribution is 2.23. The highest BCUT2D eigenvalue weighted by molar-refractivity contribution is 6.30. The summed E-state index contributed by atoms with van der Waals surface area (Å²) in [7, 11) is 0. The predicted molar refractivity (Wildman–Crippen MR) is 65.8 cm³/mol. The lowest BCUT2D eigenvalue weighted by Crippen LogP contribution is -2.25. The molecule has 0 saturated heterocycles. The molecule has 1 aromatic rings. The van der Waals surface area contributed by atoms with Crippen LogP contribution in [-0.2, 0) is 0 Å². The molecule has 5 heteroatoms. The van der Waals surface area contributed by atoms with Gasteiger partial charge in [0, 0.05) is 18.7 Å². The Morgan fingerprint density at radius 2 is 2.12 bits per heavy atom. The van der Waals surface area contributed by atoms with Crippen LogP contribution >= 0.6 is 11.6 Å². The van der Waals surface area contributed by atoms with Crippen LogP contribution in [0, 0.1) is 12.3 Å². The number of nitrogens with one attached hydrogen (secondary N) is 1. The van der Waals surface area contributed by atoms with Gasteiger partial charge in [-0.3, -0.25) is 0 Å². The average Bonchev–Trinajstić information content (AvgIpc) is 2.20. The van der Waals surface area contributed by atoms with Gasteiger partial charge in [-0.05, 0) is 18.8 Å². The van der Waals surface area contributed by atoms with E-state index in [1.54, 1.807) is 0 Å². The first-order valence-corrected chi connectivity index (χ1v) is 5.66. The highest BCUT2D eigenvalue weighted by atomic mass is 35.5. The van der Waals surface area contributed by atoms with Gasteiger partial charge in [-0.15, -0.1) is 0 Å². The number of hydrogen-bond donors (Lipinski definition) is 2. The van der Waals surface area contributed by atoms with Crippen molar-refractivity contribution < 1.29 is 5.11 Å². The van der Waals surface area contributed by atoms with Gasteiger partial charge in [0.2, 0.25) is 0 Å². The molecule has 90 valence electrons. The predicted octanol–water partition coefficient (Wildman–Crippen LogP) is 2.26. The summed E-state index contributed by atoms with van der Waals surface area (Å²) in [6.07, 6.45) is 2.19. The van der Waals surface area contributed by atoms with Crippen molar-refractivity contribution in [3.05, 3.63) is 17.0 Å². The Morgan fingerprint density at radius 1 is 1.44 bits per heavy atom. The molecule has 0 amide bonds. The molecule has 0 fully saturated rings. The van der Waals surface area contributed by atoms with E-state index < -0.39 is 0 Å². The highest BCUT2D eigenvalue weighted by Gasteiger charge is 2.17. The lowest BCUT2D eigenvalue weighted by molar-refractivity contribution is 0.220. The monoisotopic (exact) mass is 243 g/mol. The van der Waals surface area contributed by atoms with Crippen molar-refractivity contribution >= 4 is 17.4 Å². The first-order chi connectivity index (χ1) is 7.46. The van der Waals surface area contributed by atoms with Crippen LogP contribution in [0.3, 0.4) is 0 Å². The van der Waals surface area contributed by atoms with Gasteiger partial charge in [-0.2, -0.15) is 0 Å². The SMILES string of the molecule is Cc1c(Cl)ncnc1NCC(C)(C)CCO. The fourth-order valence-corrected chi connectivity index (χ4v) is 1.45. The van der Waals surface area contributed by atoms with Gasteiger partial charge >= 0.3 is 0 Å². The van der Waals surface area contributed by atoms with Crippen molar-refractivity contribution in [2.24, 2.45) is 5.41 Å². The molecule has 0 atom stereocenters. The van der Waals surface area contributed by atoms with Crippen molar-refractivity contribution in [2.45, 2.75) is 27.2 Å². The van der Waals surface area contributed by atoms with E-state index in [1.807, 2.05) is 6.92 Å².